The highest BCUT2D eigenvalue weighted by atomic mass is 79.9. The van der Waals surface area contributed by atoms with Crippen molar-refractivity contribution in [2.75, 3.05) is 0 Å². The van der Waals surface area contributed by atoms with Crippen molar-refractivity contribution in [3.63, 3.8) is 0 Å². The predicted octanol–water partition coefficient (Wildman–Crippen LogP) is 0.771. The summed E-state index contributed by atoms with van der Waals surface area (Å²) in [6.07, 6.45) is 1.40. The predicted molar refractivity (Wildman–Crippen MR) is 41.2 cm³/mol. The van der Waals surface area contributed by atoms with Crippen LogP contribution in [-0.4, -0.2) is 27.1 Å². The first-order chi connectivity index (χ1) is 4.54. The van der Waals surface area contributed by atoms with Crippen LogP contribution in [-0.2, 0) is 4.79 Å². The van der Waals surface area contributed by atoms with E-state index < -0.39 is 12.1 Å². The lowest BCUT2D eigenvalue weighted by molar-refractivity contribution is -0.131. The van der Waals surface area contributed by atoms with E-state index in [1.807, 2.05) is 0 Å². The lowest BCUT2D eigenvalue weighted by Gasteiger charge is -2.05. The van der Waals surface area contributed by atoms with Crippen molar-refractivity contribution >= 4 is 21.9 Å². The molecule has 0 heterocycles. The number of alkyl halides is 1. The van der Waals surface area contributed by atoms with Gasteiger partial charge in [0.15, 0.2) is 0 Å². The Labute approximate surface area is 67.5 Å². The zero-order valence-electron chi connectivity index (χ0n) is 5.49. The van der Waals surface area contributed by atoms with Gasteiger partial charge < -0.3 is 10.2 Å². The van der Waals surface area contributed by atoms with Crippen LogP contribution in [0, 0.1) is 0 Å². The number of hydrogen-bond acceptors (Lipinski definition) is 2. The van der Waals surface area contributed by atoms with Gasteiger partial charge in [0.1, 0.15) is 0 Å². The number of carboxylic acids is 1. The zero-order valence-corrected chi connectivity index (χ0v) is 7.08. The van der Waals surface area contributed by atoms with E-state index >= 15 is 0 Å². The molecule has 4 heteroatoms. The van der Waals surface area contributed by atoms with Crippen molar-refractivity contribution in [3.8, 4) is 0 Å². The fourth-order valence-electron chi connectivity index (χ4n) is 0.334. The van der Waals surface area contributed by atoms with Crippen molar-refractivity contribution in [1.82, 2.24) is 0 Å². The molecule has 0 aromatic rings. The smallest absolute Gasteiger partial charge is 0.328 e. The normalized spacial score (nSPS) is 17.1. The number of halogens is 1. The first kappa shape index (κ1) is 9.65. The average Bonchev–Trinajstić information content (AvgIpc) is 1.82. The maximum absolute atomic E-state index is 9.91. The van der Waals surface area contributed by atoms with Gasteiger partial charge in [-0.25, -0.2) is 4.79 Å². The maximum Gasteiger partial charge on any atom is 0.328 e. The van der Waals surface area contributed by atoms with E-state index in [4.69, 9.17) is 10.2 Å². The third-order valence-corrected chi connectivity index (χ3v) is 1.45. The summed E-state index contributed by atoms with van der Waals surface area (Å²) in [5, 5.41) is 17.1. The lowest BCUT2D eigenvalue weighted by atomic mass is 10.2. The maximum atomic E-state index is 9.91. The van der Waals surface area contributed by atoms with Gasteiger partial charge in [-0.1, -0.05) is 15.9 Å². The minimum absolute atomic E-state index is 0.122. The Morgan fingerprint density at radius 1 is 1.70 bits per heavy atom. The third kappa shape index (κ3) is 4.52. The molecule has 0 rings (SSSR count). The highest BCUT2D eigenvalue weighted by Crippen LogP contribution is 2.04. The minimum Gasteiger partial charge on any atom is -0.478 e. The quantitative estimate of drug-likeness (QED) is 0.533. The first-order valence-corrected chi connectivity index (χ1v) is 3.69. The Bertz CT molecular complexity index is 142. The summed E-state index contributed by atoms with van der Waals surface area (Å²) in [6.45, 7) is 1.73. The molecule has 58 valence electrons. The molecule has 0 aliphatic carbocycles. The van der Waals surface area contributed by atoms with E-state index in [1.165, 1.54) is 6.08 Å². The van der Waals surface area contributed by atoms with Crippen LogP contribution in [0.15, 0.2) is 12.2 Å². The number of carbonyl (C=O) groups is 1. The molecule has 0 saturated heterocycles. The Morgan fingerprint density at radius 2 is 2.20 bits per heavy atom. The summed E-state index contributed by atoms with van der Waals surface area (Å²) in [4.78, 5) is 9.79. The van der Waals surface area contributed by atoms with Gasteiger partial charge in [0.05, 0.1) is 6.10 Å². The van der Waals surface area contributed by atoms with Crippen molar-refractivity contribution in [3.05, 3.63) is 12.2 Å². The molecular formula is C6H9BrO3. The second-order valence-corrected chi connectivity index (χ2v) is 3.31. The number of carboxylic acid groups (broad SMARTS) is 1. The summed E-state index contributed by atoms with van der Waals surface area (Å²) in [6, 6.07) is 0. The highest BCUT2D eigenvalue weighted by Gasteiger charge is 2.05. The van der Waals surface area contributed by atoms with E-state index in [0.29, 0.717) is 0 Å². The molecule has 0 fully saturated rings. The van der Waals surface area contributed by atoms with Gasteiger partial charge in [-0.3, -0.25) is 0 Å². The molecule has 0 saturated carbocycles. The monoisotopic (exact) mass is 208 g/mol. The Hall–Kier alpha value is -0.350. The summed E-state index contributed by atoms with van der Waals surface area (Å²) in [7, 11) is 0. The fourth-order valence-corrected chi connectivity index (χ4v) is 0.510. The van der Waals surface area contributed by atoms with E-state index in [2.05, 4.69) is 15.9 Å². The van der Waals surface area contributed by atoms with Crippen molar-refractivity contribution in [1.29, 1.82) is 0 Å². The molecule has 3 nitrogen and oxygen atoms in total. The molecule has 2 atom stereocenters. The Balaban J connectivity index is 3.77. The molecular weight excluding hydrogens is 200 g/mol. The Kier molecular flexibility index (Phi) is 4.31. The van der Waals surface area contributed by atoms with Crippen LogP contribution in [0.3, 0.4) is 0 Å². The number of hydrogen-bond donors (Lipinski definition) is 2. The molecule has 0 amide bonds. The summed E-state index contributed by atoms with van der Waals surface area (Å²) < 4.78 is 0. The van der Waals surface area contributed by atoms with Crippen LogP contribution < -0.4 is 0 Å². The molecule has 0 aliphatic heterocycles. The summed E-state index contributed by atoms with van der Waals surface area (Å²) in [5.74, 6) is -1.05. The molecule has 2 unspecified atom stereocenters. The molecule has 0 radical (unpaired) electrons. The second kappa shape index (κ2) is 4.46. The van der Waals surface area contributed by atoms with Crippen LogP contribution in [0.4, 0.5) is 0 Å². The first-order valence-electron chi connectivity index (χ1n) is 2.77. The van der Waals surface area contributed by atoms with E-state index in [0.717, 1.165) is 6.08 Å². The third-order valence-electron chi connectivity index (χ3n) is 0.907. The van der Waals surface area contributed by atoms with Gasteiger partial charge in [-0.2, -0.15) is 0 Å². The minimum atomic E-state index is -1.05. The van der Waals surface area contributed by atoms with Crippen molar-refractivity contribution in [2.24, 2.45) is 0 Å². The molecule has 0 bridgehead atoms. The van der Waals surface area contributed by atoms with Crippen molar-refractivity contribution in [2.45, 2.75) is 17.9 Å². The zero-order chi connectivity index (χ0) is 8.15. The Morgan fingerprint density at radius 3 is 2.50 bits per heavy atom. The van der Waals surface area contributed by atoms with Gasteiger partial charge in [0.25, 0.3) is 0 Å². The summed E-state index contributed by atoms with van der Waals surface area (Å²) in [5.41, 5.74) is 0. The number of aliphatic hydroxyl groups excluding tert-OH is 1. The van der Waals surface area contributed by atoms with Crippen LogP contribution in [0.5, 0.6) is 0 Å². The molecule has 10 heavy (non-hydrogen) atoms. The largest absolute Gasteiger partial charge is 0.478 e. The molecule has 0 aromatic heterocycles. The molecule has 0 aliphatic rings. The van der Waals surface area contributed by atoms with Crippen LogP contribution in [0.2, 0.25) is 0 Å². The molecule has 0 aromatic carbocycles. The van der Waals surface area contributed by atoms with Crippen molar-refractivity contribution < 1.29 is 15.0 Å². The number of rotatable bonds is 3. The van der Waals surface area contributed by atoms with Crippen LogP contribution >= 0.6 is 15.9 Å². The second-order valence-electron chi connectivity index (χ2n) is 1.87. The van der Waals surface area contributed by atoms with Gasteiger partial charge in [-0.15, -0.1) is 0 Å². The molecule has 0 spiro atoms. The van der Waals surface area contributed by atoms with E-state index in [1.54, 1.807) is 6.92 Å². The fraction of sp³-hybridized carbons (Fsp3) is 0.500. The van der Waals surface area contributed by atoms with Crippen LogP contribution in [0.25, 0.3) is 0 Å². The summed E-state index contributed by atoms with van der Waals surface area (Å²) >= 11 is 3.10. The van der Waals surface area contributed by atoms with E-state index in [9.17, 15) is 4.79 Å². The van der Waals surface area contributed by atoms with Gasteiger partial charge in [-0.05, 0) is 13.0 Å². The van der Waals surface area contributed by atoms with Gasteiger partial charge in [0, 0.05) is 10.9 Å². The highest BCUT2D eigenvalue weighted by molar-refractivity contribution is 9.09. The standard InChI is InChI=1S/C6H9BrO3/c1-4(7)5(8)2-3-6(9)10/h2-5,8H,1H3,(H,9,10). The lowest BCUT2D eigenvalue weighted by Crippen LogP contribution is -2.13. The SMILES string of the molecule is CC(Br)C(O)C=CC(=O)O. The number of aliphatic carboxylic acids is 1. The van der Waals surface area contributed by atoms with Crippen LogP contribution in [0.1, 0.15) is 6.92 Å². The van der Waals surface area contributed by atoms with E-state index in [-0.39, 0.29) is 4.83 Å². The average molecular weight is 209 g/mol. The van der Waals surface area contributed by atoms with Gasteiger partial charge >= 0.3 is 5.97 Å². The number of aliphatic hydroxyl groups is 1. The van der Waals surface area contributed by atoms with Gasteiger partial charge in [0.2, 0.25) is 0 Å². The topological polar surface area (TPSA) is 57.5 Å². The molecule has 2 N–H and O–H groups in total.